The number of carbonyl (C=O) groups is 1. The first-order valence-electron chi connectivity index (χ1n) is 7.97. The number of hydrogen-bond acceptors (Lipinski definition) is 5. The van der Waals surface area contributed by atoms with E-state index in [-0.39, 0.29) is 23.7 Å². The van der Waals surface area contributed by atoms with Crippen LogP contribution in [0.3, 0.4) is 0 Å². The second kappa shape index (κ2) is 7.48. The second-order valence-electron chi connectivity index (χ2n) is 6.84. The highest BCUT2D eigenvalue weighted by atomic mass is 16.5. The van der Waals surface area contributed by atoms with Crippen LogP contribution < -0.4 is 20.1 Å². The second-order valence-corrected chi connectivity index (χ2v) is 6.84. The van der Waals surface area contributed by atoms with Gasteiger partial charge in [-0.15, -0.1) is 0 Å². The predicted molar refractivity (Wildman–Crippen MR) is 86.7 cm³/mol. The maximum absolute atomic E-state index is 11.9. The van der Waals surface area contributed by atoms with Crippen molar-refractivity contribution in [2.24, 2.45) is 0 Å². The van der Waals surface area contributed by atoms with E-state index in [4.69, 9.17) is 9.47 Å². The molecule has 1 fully saturated rings. The van der Waals surface area contributed by atoms with E-state index in [1.54, 1.807) is 19.5 Å². The van der Waals surface area contributed by atoms with E-state index in [0.29, 0.717) is 11.8 Å². The smallest absolute Gasteiger partial charge is 0.315 e. The summed E-state index contributed by atoms with van der Waals surface area (Å²) in [6.45, 7) is 5.89. The molecule has 128 valence electrons. The van der Waals surface area contributed by atoms with Crippen LogP contribution >= 0.6 is 0 Å². The molecule has 1 aliphatic rings. The summed E-state index contributed by atoms with van der Waals surface area (Å²) in [6.07, 6.45) is 6.75. The van der Waals surface area contributed by atoms with Crippen molar-refractivity contribution < 1.29 is 14.3 Å². The molecule has 7 heteroatoms. The minimum absolute atomic E-state index is 0.0973. The lowest BCUT2D eigenvalue weighted by Gasteiger charge is -2.30. The van der Waals surface area contributed by atoms with Gasteiger partial charge in [0.05, 0.1) is 19.5 Å². The molecule has 2 N–H and O–H groups in total. The van der Waals surface area contributed by atoms with Gasteiger partial charge in [-0.1, -0.05) is 0 Å². The molecule has 1 aromatic heterocycles. The van der Waals surface area contributed by atoms with Crippen molar-refractivity contribution in [3.05, 3.63) is 12.4 Å². The third-order valence-corrected chi connectivity index (χ3v) is 3.58. The van der Waals surface area contributed by atoms with Crippen molar-refractivity contribution in [2.75, 3.05) is 7.11 Å². The third-order valence-electron chi connectivity index (χ3n) is 3.58. The first kappa shape index (κ1) is 17.3. The number of amides is 2. The number of ether oxygens (including phenoxy) is 2. The minimum Gasteiger partial charge on any atom is -0.480 e. The fourth-order valence-electron chi connectivity index (χ4n) is 2.54. The molecule has 2 amide bonds. The Labute approximate surface area is 137 Å². The molecule has 0 unspecified atom stereocenters. The fraction of sp³-hybridized carbons (Fsp3) is 0.688. The molecule has 7 nitrogen and oxygen atoms in total. The normalized spacial score (nSPS) is 21.4. The topological polar surface area (TPSA) is 85.4 Å². The van der Waals surface area contributed by atoms with Gasteiger partial charge in [0.2, 0.25) is 11.8 Å². The molecule has 1 aromatic rings. The summed E-state index contributed by atoms with van der Waals surface area (Å²) in [7, 11) is 1.55. The molecule has 0 aliphatic heterocycles. The summed E-state index contributed by atoms with van der Waals surface area (Å²) in [4.78, 5) is 20.1. The Balaban J connectivity index is 1.76. The predicted octanol–water partition coefficient (Wildman–Crippen LogP) is 2.27. The molecule has 0 radical (unpaired) electrons. The van der Waals surface area contributed by atoms with Gasteiger partial charge >= 0.3 is 6.03 Å². The van der Waals surface area contributed by atoms with Gasteiger partial charge in [0.25, 0.3) is 0 Å². The molecule has 0 bridgehead atoms. The summed E-state index contributed by atoms with van der Waals surface area (Å²) >= 11 is 0. The average molecular weight is 322 g/mol. The number of methoxy groups -OCH3 is 1. The van der Waals surface area contributed by atoms with Crippen LogP contribution in [-0.2, 0) is 0 Å². The Morgan fingerprint density at radius 3 is 2.43 bits per heavy atom. The molecule has 1 heterocycles. The van der Waals surface area contributed by atoms with Crippen molar-refractivity contribution in [3.8, 4) is 11.8 Å². The molecule has 0 aromatic carbocycles. The largest absolute Gasteiger partial charge is 0.480 e. The Hall–Kier alpha value is -2.05. The van der Waals surface area contributed by atoms with Crippen LogP contribution in [-0.4, -0.2) is 40.8 Å². The van der Waals surface area contributed by atoms with E-state index in [1.165, 1.54) is 0 Å². The quantitative estimate of drug-likeness (QED) is 0.888. The molecule has 0 spiro atoms. The highest BCUT2D eigenvalue weighted by Crippen LogP contribution is 2.23. The Morgan fingerprint density at radius 2 is 1.83 bits per heavy atom. The van der Waals surface area contributed by atoms with Crippen LogP contribution in [0.5, 0.6) is 11.8 Å². The summed E-state index contributed by atoms with van der Waals surface area (Å²) < 4.78 is 10.9. The molecule has 0 saturated heterocycles. The molecule has 2 rings (SSSR count). The Bertz CT molecular complexity index is 522. The maximum Gasteiger partial charge on any atom is 0.315 e. The zero-order chi connectivity index (χ0) is 16.9. The molecule has 0 atom stereocenters. The van der Waals surface area contributed by atoms with Gasteiger partial charge in [0, 0.05) is 11.6 Å². The zero-order valence-corrected chi connectivity index (χ0v) is 14.3. The van der Waals surface area contributed by atoms with E-state index in [2.05, 4.69) is 20.6 Å². The summed E-state index contributed by atoms with van der Waals surface area (Å²) in [5.74, 6) is 0.919. The van der Waals surface area contributed by atoms with Crippen LogP contribution in [0.2, 0.25) is 0 Å². The summed E-state index contributed by atoms with van der Waals surface area (Å²) in [5, 5.41) is 5.94. The van der Waals surface area contributed by atoms with Crippen LogP contribution in [0.4, 0.5) is 4.79 Å². The van der Waals surface area contributed by atoms with Gasteiger partial charge in [-0.3, -0.25) is 4.98 Å². The SMILES string of the molecule is COc1cncc(OC2CCC(NC(=O)NC(C)(C)C)CC2)n1. The molecule has 1 aliphatic carbocycles. The van der Waals surface area contributed by atoms with Gasteiger partial charge in [-0.2, -0.15) is 4.98 Å². The van der Waals surface area contributed by atoms with Crippen LogP contribution in [0.15, 0.2) is 12.4 Å². The fourth-order valence-corrected chi connectivity index (χ4v) is 2.54. The van der Waals surface area contributed by atoms with E-state index in [1.807, 2.05) is 20.8 Å². The molecular formula is C16H26N4O3. The summed E-state index contributed by atoms with van der Waals surface area (Å²) in [5.41, 5.74) is -0.227. The molecule has 23 heavy (non-hydrogen) atoms. The van der Waals surface area contributed by atoms with E-state index < -0.39 is 0 Å². The van der Waals surface area contributed by atoms with Crippen LogP contribution in [0.1, 0.15) is 46.5 Å². The number of nitrogens with zero attached hydrogens (tertiary/aromatic N) is 2. The number of urea groups is 1. The van der Waals surface area contributed by atoms with Gasteiger partial charge in [0.15, 0.2) is 0 Å². The molecular weight excluding hydrogens is 296 g/mol. The van der Waals surface area contributed by atoms with E-state index in [9.17, 15) is 4.79 Å². The van der Waals surface area contributed by atoms with Crippen LogP contribution in [0, 0.1) is 0 Å². The molecule has 1 saturated carbocycles. The van der Waals surface area contributed by atoms with Gasteiger partial charge in [-0.25, -0.2) is 4.79 Å². The van der Waals surface area contributed by atoms with Crippen molar-refractivity contribution in [3.63, 3.8) is 0 Å². The Kier molecular flexibility index (Phi) is 5.63. The number of hydrogen-bond donors (Lipinski definition) is 2. The lowest BCUT2D eigenvalue weighted by molar-refractivity contribution is 0.132. The average Bonchev–Trinajstić information content (AvgIpc) is 2.47. The van der Waals surface area contributed by atoms with Gasteiger partial charge in [-0.05, 0) is 46.5 Å². The standard InChI is InChI=1S/C16H26N4O3/c1-16(2,3)20-15(21)18-11-5-7-12(8-6-11)23-14-10-17-9-13(19-14)22-4/h9-12H,5-8H2,1-4H3,(H2,18,20,21). The van der Waals surface area contributed by atoms with Crippen molar-refractivity contribution in [2.45, 2.75) is 64.1 Å². The third kappa shape index (κ3) is 5.92. The van der Waals surface area contributed by atoms with E-state index in [0.717, 1.165) is 25.7 Å². The lowest BCUT2D eigenvalue weighted by Crippen LogP contribution is -2.50. The minimum atomic E-state index is -0.227. The van der Waals surface area contributed by atoms with Crippen molar-refractivity contribution in [1.29, 1.82) is 0 Å². The number of carbonyl (C=O) groups excluding carboxylic acids is 1. The van der Waals surface area contributed by atoms with E-state index >= 15 is 0 Å². The first-order chi connectivity index (χ1) is 10.9. The monoisotopic (exact) mass is 322 g/mol. The number of rotatable bonds is 4. The summed E-state index contributed by atoms with van der Waals surface area (Å²) in [6, 6.07) is 0.0779. The first-order valence-corrected chi connectivity index (χ1v) is 7.97. The van der Waals surface area contributed by atoms with Crippen LogP contribution in [0.25, 0.3) is 0 Å². The zero-order valence-electron chi connectivity index (χ0n) is 14.3. The highest BCUT2D eigenvalue weighted by molar-refractivity contribution is 5.74. The highest BCUT2D eigenvalue weighted by Gasteiger charge is 2.25. The number of nitrogens with one attached hydrogen (secondary N) is 2. The lowest BCUT2D eigenvalue weighted by atomic mass is 9.93. The van der Waals surface area contributed by atoms with Crippen molar-refractivity contribution in [1.82, 2.24) is 20.6 Å². The number of aromatic nitrogens is 2. The Morgan fingerprint density at radius 1 is 1.17 bits per heavy atom. The van der Waals surface area contributed by atoms with Gasteiger partial charge in [0.1, 0.15) is 6.10 Å². The van der Waals surface area contributed by atoms with Gasteiger partial charge < -0.3 is 20.1 Å². The maximum atomic E-state index is 11.9. The van der Waals surface area contributed by atoms with Crippen molar-refractivity contribution >= 4 is 6.03 Å².